The molecule has 0 atom stereocenters. The van der Waals surface area contributed by atoms with Crippen molar-refractivity contribution in [1.82, 2.24) is 0 Å². The lowest BCUT2D eigenvalue weighted by Gasteiger charge is -2.16. The molecule has 21 heavy (non-hydrogen) atoms. The van der Waals surface area contributed by atoms with Crippen molar-refractivity contribution < 1.29 is 18.6 Å². The molecule has 112 valence electrons. The van der Waals surface area contributed by atoms with Gasteiger partial charge < -0.3 is 19.9 Å². The Morgan fingerprint density at radius 2 is 1.67 bits per heavy atom. The van der Waals surface area contributed by atoms with Gasteiger partial charge in [-0.3, -0.25) is 0 Å². The molecule has 0 saturated carbocycles. The van der Waals surface area contributed by atoms with Gasteiger partial charge >= 0.3 is 0 Å². The first kappa shape index (κ1) is 15.1. The fourth-order valence-corrected chi connectivity index (χ4v) is 2.21. The first-order valence-electron chi connectivity index (χ1n) is 6.44. The largest absolute Gasteiger partial charge is 0.493 e. The van der Waals surface area contributed by atoms with Gasteiger partial charge in [-0.1, -0.05) is 12.1 Å². The fourth-order valence-electron chi connectivity index (χ4n) is 2.21. The van der Waals surface area contributed by atoms with E-state index in [1.54, 1.807) is 31.4 Å². The molecule has 0 bridgehead atoms. The maximum atomic E-state index is 13.9. The van der Waals surface area contributed by atoms with E-state index in [4.69, 9.17) is 19.9 Å². The Morgan fingerprint density at radius 1 is 0.952 bits per heavy atom. The van der Waals surface area contributed by atoms with Crippen LogP contribution in [-0.2, 0) is 6.54 Å². The van der Waals surface area contributed by atoms with E-state index >= 15 is 0 Å². The van der Waals surface area contributed by atoms with Crippen molar-refractivity contribution in [2.75, 3.05) is 21.3 Å². The van der Waals surface area contributed by atoms with Crippen LogP contribution in [0.5, 0.6) is 17.2 Å². The Balaban J connectivity index is 2.61. The molecule has 0 unspecified atom stereocenters. The highest BCUT2D eigenvalue weighted by Crippen LogP contribution is 2.44. The SMILES string of the molecule is COc1ccc(-c2ccc(CN)c(F)c2)c(OC)c1OC. The lowest BCUT2D eigenvalue weighted by atomic mass is 10.0. The molecule has 2 aromatic rings. The number of hydrogen-bond donors (Lipinski definition) is 1. The molecule has 0 fully saturated rings. The second-order valence-corrected chi connectivity index (χ2v) is 4.39. The Hall–Kier alpha value is -2.27. The third-order valence-corrected chi connectivity index (χ3v) is 3.29. The van der Waals surface area contributed by atoms with E-state index in [0.717, 1.165) is 5.56 Å². The Morgan fingerprint density at radius 3 is 2.19 bits per heavy atom. The van der Waals surface area contributed by atoms with Crippen molar-refractivity contribution in [1.29, 1.82) is 0 Å². The molecule has 0 spiro atoms. The van der Waals surface area contributed by atoms with E-state index in [2.05, 4.69) is 0 Å². The third-order valence-electron chi connectivity index (χ3n) is 3.29. The summed E-state index contributed by atoms with van der Waals surface area (Å²) in [5, 5.41) is 0. The number of methoxy groups -OCH3 is 3. The first-order chi connectivity index (χ1) is 10.2. The van der Waals surface area contributed by atoms with Crippen LogP contribution in [0.15, 0.2) is 30.3 Å². The molecule has 0 aliphatic carbocycles. The first-order valence-corrected chi connectivity index (χ1v) is 6.44. The average molecular weight is 291 g/mol. The molecule has 0 saturated heterocycles. The van der Waals surface area contributed by atoms with Crippen molar-refractivity contribution in [3.05, 3.63) is 41.7 Å². The molecule has 0 aliphatic heterocycles. The summed E-state index contributed by atoms with van der Waals surface area (Å²) in [6.07, 6.45) is 0. The van der Waals surface area contributed by atoms with Crippen molar-refractivity contribution in [3.63, 3.8) is 0 Å². The summed E-state index contributed by atoms with van der Waals surface area (Å²) in [6, 6.07) is 8.46. The summed E-state index contributed by atoms with van der Waals surface area (Å²) >= 11 is 0. The van der Waals surface area contributed by atoms with E-state index < -0.39 is 0 Å². The highest BCUT2D eigenvalue weighted by Gasteiger charge is 2.17. The van der Waals surface area contributed by atoms with Crippen LogP contribution < -0.4 is 19.9 Å². The fraction of sp³-hybridized carbons (Fsp3) is 0.250. The van der Waals surface area contributed by atoms with Gasteiger partial charge in [-0.25, -0.2) is 4.39 Å². The van der Waals surface area contributed by atoms with Crippen LogP contribution in [0.25, 0.3) is 11.1 Å². The minimum Gasteiger partial charge on any atom is -0.493 e. The monoisotopic (exact) mass is 291 g/mol. The number of rotatable bonds is 5. The van der Waals surface area contributed by atoms with Crippen molar-refractivity contribution in [3.8, 4) is 28.4 Å². The average Bonchev–Trinajstić information content (AvgIpc) is 2.52. The van der Waals surface area contributed by atoms with E-state index in [9.17, 15) is 4.39 Å². The standard InChI is InChI=1S/C16H18FNO3/c1-19-14-7-6-12(15(20-2)16(14)21-3)10-4-5-11(9-18)13(17)8-10/h4-8H,9,18H2,1-3H3. The summed E-state index contributed by atoms with van der Waals surface area (Å²) in [5.74, 6) is 1.18. The van der Waals surface area contributed by atoms with Crippen LogP contribution in [0.3, 0.4) is 0 Å². The van der Waals surface area contributed by atoms with Crippen molar-refractivity contribution >= 4 is 0 Å². The zero-order valence-corrected chi connectivity index (χ0v) is 12.3. The minimum atomic E-state index is -0.341. The highest BCUT2D eigenvalue weighted by atomic mass is 19.1. The smallest absolute Gasteiger partial charge is 0.203 e. The van der Waals surface area contributed by atoms with E-state index in [-0.39, 0.29) is 12.4 Å². The van der Waals surface area contributed by atoms with Gasteiger partial charge in [0.1, 0.15) is 5.82 Å². The summed E-state index contributed by atoms with van der Waals surface area (Å²) in [5.41, 5.74) is 7.35. The van der Waals surface area contributed by atoms with Gasteiger partial charge in [0.2, 0.25) is 5.75 Å². The van der Waals surface area contributed by atoms with Crippen LogP contribution in [0.4, 0.5) is 4.39 Å². The maximum Gasteiger partial charge on any atom is 0.203 e. The lowest BCUT2D eigenvalue weighted by molar-refractivity contribution is 0.325. The Bertz CT molecular complexity index is 644. The molecule has 0 amide bonds. The summed E-state index contributed by atoms with van der Waals surface area (Å²) in [4.78, 5) is 0. The molecule has 2 aromatic carbocycles. The molecule has 4 nitrogen and oxygen atoms in total. The van der Waals surface area contributed by atoms with Crippen LogP contribution in [0, 0.1) is 5.82 Å². The number of nitrogens with two attached hydrogens (primary N) is 1. The molecule has 0 aromatic heterocycles. The predicted molar refractivity (Wildman–Crippen MR) is 79.4 cm³/mol. The van der Waals surface area contributed by atoms with E-state index in [0.29, 0.717) is 28.4 Å². The third kappa shape index (κ3) is 2.78. The Kier molecular flexibility index (Phi) is 4.65. The summed E-state index contributed by atoms with van der Waals surface area (Å²) in [7, 11) is 4.61. The van der Waals surface area contributed by atoms with Crippen LogP contribution in [0.1, 0.15) is 5.56 Å². The van der Waals surface area contributed by atoms with Gasteiger partial charge in [0.05, 0.1) is 21.3 Å². The zero-order valence-electron chi connectivity index (χ0n) is 12.3. The Labute approximate surface area is 123 Å². The van der Waals surface area contributed by atoms with Crippen LogP contribution in [-0.4, -0.2) is 21.3 Å². The van der Waals surface area contributed by atoms with Gasteiger partial charge in [0.15, 0.2) is 11.5 Å². The molecule has 0 heterocycles. The van der Waals surface area contributed by atoms with E-state index in [1.165, 1.54) is 20.3 Å². The minimum absolute atomic E-state index is 0.162. The second-order valence-electron chi connectivity index (χ2n) is 4.39. The quantitative estimate of drug-likeness (QED) is 0.920. The van der Waals surface area contributed by atoms with Gasteiger partial charge in [-0.15, -0.1) is 0 Å². The zero-order chi connectivity index (χ0) is 15.4. The second kappa shape index (κ2) is 6.45. The summed E-state index contributed by atoms with van der Waals surface area (Å²) in [6.45, 7) is 0.162. The number of ether oxygens (including phenoxy) is 3. The highest BCUT2D eigenvalue weighted by molar-refractivity contribution is 5.76. The number of halogens is 1. The normalized spacial score (nSPS) is 10.3. The molecule has 5 heteroatoms. The van der Waals surface area contributed by atoms with Crippen LogP contribution >= 0.6 is 0 Å². The number of benzene rings is 2. The number of hydrogen-bond acceptors (Lipinski definition) is 4. The lowest BCUT2D eigenvalue weighted by Crippen LogP contribution is -2.00. The van der Waals surface area contributed by atoms with Gasteiger partial charge in [0, 0.05) is 17.7 Å². The molecular formula is C16H18FNO3. The predicted octanol–water partition coefficient (Wildman–Crippen LogP) is 2.98. The van der Waals surface area contributed by atoms with Gasteiger partial charge in [-0.2, -0.15) is 0 Å². The van der Waals surface area contributed by atoms with Crippen molar-refractivity contribution in [2.24, 2.45) is 5.73 Å². The van der Waals surface area contributed by atoms with Crippen LogP contribution in [0.2, 0.25) is 0 Å². The molecule has 0 radical (unpaired) electrons. The molecule has 2 rings (SSSR count). The topological polar surface area (TPSA) is 53.7 Å². The molecule has 0 aliphatic rings. The van der Waals surface area contributed by atoms with Gasteiger partial charge in [-0.05, 0) is 23.8 Å². The summed E-state index contributed by atoms with van der Waals surface area (Å²) < 4.78 is 29.9. The molecular weight excluding hydrogens is 273 g/mol. The molecule has 2 N–H and O–H groups in total. The van der Waals surface area contributed by atoms with Gasteiger partial charge in [0.25, 0.3) is 0 Å². The van der Waals surface area contributed by atoms with E-state index in [1.807, 2.05) is 0 Å². The maximum absolute atomic E-state index is 13.9. The van der Waals surface area contributed by atoms with Crippen molar-refractivity contribution in [2.45, 2.75) is 6.54 Å².